The lowest BCUT2D eigenvalue weighted by Gasteiger charge is -2.39. The number of rotatable bonds is 1. The van der Waals surface area contributed by atoms with Crippen molar-refractivity contribution < 1.29 is 0 Å². The quantitative estimate of drug-likeness (QED) is 0.681. The third-order valence-electron chi connectivity index (χ3n) is 2.83. The molecule has 3 nitrogen and oxygen atoms in total. The Morgan fingerprint density at radius 2 is 1.23 bits per heavy atom. The average Bonchev–Trinajstić information content (AvgIpc) is 2.21. The number of halogens is 1. The van der Waals surface area contributed by atoms with Crippen molar-refractivity contribution in [1.82, 2.24) is 15.3 Å². The molecule has 0 saturated carbocycles. The minimum absolute atomic E-state index is 0. The smallest absolute Gasteiger partial charge is 0.0259 e. The molecule has 1 N–H and O–H groups in total. The van der Waals surface area contributed by atoms with Gasteiger partial charge in [-0.15, -0.1) is 12.4 Å². The van der Waals surface area contributed by atoms with Gasteiger partial charge in [-0.2, -0.15) is 0 Å². The second-order valence-corrected chi connectivity index (χ2v) is 3.72. The van der Waals surface area contributed by atoms with Crippen molar-refractivity contribution in [3.63, 3.8) is 0 Å². The molecule has 0 spiro atoms. The van der Waals surface area contributed by atoms with Crippen LogP contribution in [0.1, 0.15) is 19.3 Å². The van der Waals surface area contributed by atoms with Crippen molar-refractivity contribution in [1.29, 1.82) is 0 Å². The van der Waals surface area contributed by atoms with Gasteiger partial charge < -0.3 is 5.32 Å². The first-order valence-electron chi connectivity index (χ1n) is 5.17. The summed E-state index contributed by atoms with van der Waals surface area (Å²) in [6, 6.07) is 0. The Labute approximate surface area is 86.8 Å². The summed E-state index contributed by atoms with van der Waals surface area (Å²) in [5, 5.41) is 8.45. The predicted molar refractivity (Wildman–Crippen MR) is 57.1 cm³/mol. The lowest BCUT2D eigenvalue weighted by molar-refractivity contribution is -0.0468. The maximum atomic E-state index is 3.39. The monoisotopic (exact) mass is 205 g/mol. The molecule has 4 heteroatoms. The SMILES string of the molecule is C1CCN(N2CCNCC2)CC1.Cl. The van der Waals surface area contributed by atoms with Crippen molar-refractivity contribution in [2.24, 2.45) is 0 Å². The fourth-order valence-corrected chi connectivity index (χ4v) is 2.10. The van der Waals surface area contributed by atoms with E-state index >= 15 is 0 Å². The lowest BCUT2D eigenvalue weighted by atomic mass is 10.2. The number of nitrogens with one attached hydrogen (secondary N) is 1. The Hall–Kier alpha value is 0.170. The highest BCUT2D eigenvalue weighted by atomic mass is 35.5. The highest BCUT2D eigenvalue weighted by Crippen LogP contribution is 2.11. The Morgan fingerprint density at radius 3 is 1.85 bits per heavy atom. The molecule has 0 bridgehead atoms. The number of nitrogens with zero attached hydrogens (tertiary/aromatic N) is 2. The van der Waals surface area contributed by atoms with Gasteiger partial charge in [-0.25, -0.2) is 10.0 Å². The summed E-state index contributed by atoms with van der Waals surface area (Å²) in [5.74, 6) is 0. The first-order valence-corrected chi connectivity index (χ1v) is 5.17. The fraction of sp³-hybridized carbons (Fsp3) is 1.00. The number of hydrogen-bond acceptors (Lipinski definition) is 3. The molecule has 2 heterocycles. The van der Waals surface area contributed by atoms with Crippen LogP contribution >= 0.6 is 12.4 Å². The van der Waals surface area contributed by atoms with Crippen LogP contribution < -0.4 is 5.32 Å². The molecule has 2 aliphatic rings. The molecule has 13 heavy (non-hydrogen) atoms. The highest BCUT2D eigenvalue weighted by Gasteiger charge is 2.18. The summed E-state index contributed by atoms with van der Waals surface area (Å²) < 4.78 is 0. The first-order chi connectivity index (χ1) is 5.97. The third-order valence-corrected chi connectivity index (χ3v) is 2.83. The van der Waals surface area contributed by atoms with Crippen molar-refractivity contribution >= 4 is 12.4 Å². The molecule has 0 aliphatic carbocycles. The Bertz CT molecular complexity index is 115. The zero-order valence-electron chi connectivity index (χ0n) is 8.17. The van der Waals surface area contributed by atoms with Crippen LogP contribution in [-0.4, -0.2) is 49.3 Å². The van der Waals surface area contributed by atoms with Gasteiger partial charge in [-0.3, -0.25) is 0 Å². The maximum absolute atomic E-state index is 3.39. The predicted octanol–water partition coefficient (Wildman–Crippen LogP) is 0.714. The van der Waals surface area contributed by atoms with Crippen molar-refractivity contribution in [3.8, 4) is 0 Å². The zero-order valence-corrected chi connectivity index (χ0v) is 8.98. The molecule has 0 aromatic carbocycles. The number of piperidine rings is 1. The molecule has 2 fully saturated rings. The van der Waals surface area contributed by atoms with E-state index in [0.29, 0.717) is 0 Å². The van der Waals surface area contributed by atoms with Crippen LogP contribution in [0.15, 0.2) is 0 Å². The zero-order chi connectivity index (χ0) is 8.23. The summed E-state index contributed by atoms with van der Waals surface area (Å²) in [5.41, 5.74) is 0. The Kier molecular flexibility index (Phi) is 5.02. The number of hydrazine groups is 1. The topological polar surface area (TPSA) is 18.5 Å². The maximum Gasteiger partial charge on any atom is 0.0259 e. The van der Waals surface area contributed by atoms with E-state index in [2.05, 4.69) is 15.3 Å². The summed E-state index contributed by atoms with van der Waals surface area (Å²) >= 11 is 0. The molecule has 2 rings (SSSR count). The standard InChI is InChI=1S/C9H19N3.ClH/c1-2-6-11(7-3-1)12-8-4-10-5-9-12;/h10H,1-9H2;1H. The number of piperazine rings is 1. The molecule has 2 saturated heterocycles. The molecule has 0 amide bonds. The van der Waals surface area contributed by atoms with Gasteiger partial charge in [0.25, 0.3) is 0 Å². The van der Waals surface area contributed by atoms with Gasteiger partial charge in [0.2, 0.25) is 0 Å². The van der Waals surface area contributed by atoms with Crippen LogP contribution in [0.3, 0.4) is 0 Å². The molecule has 0 atom stereocenters. The summed E-state index contributed by atoms with van der Waals surface area (Å²) in [6.45, 7) is 7.33. The summed E-state index contributed by atoms with van der Waals surface area (Å²) in [7, 11) is 0. The van der Waals surface area contributed by atoms with Crippen molar-refractivity contribution in [3.05, 3.63) is 0 Å². The molecule has 2 aliphatic heterocycles. The average molecular weight is 206 g/mol. The van der Waals surface area contributed by atoms with E-state index in [-0.39, 0.29) is 12.4 Å². The molecule has 0 radical (unpaired) electrons. The molecule has 0 unspecified atom stereocenters. The molecular weight excluding hydrogens is 186 g/mol. The highest BCUT2D eigenvalue weighted by molar-refractivity contribution is 5.85. The van der Waals surface area contributed by atoms with Gasteiger partial charge in [0.15, 0.2) is 0 Å². The van der Waals surface area contributed by atoms with Gasteiger partial charge >= 0.3 is 0 Å². The van der Waals surface area contributed by atoms with Gasteiger partial charge in [-0.1, -0.05) is 6.42 Å². The van der Waals surface area contributed by atoms with Crippen LogP contribution in [-0.2, 0) is 0 Å². The lowest BCUT2D eigenvalue weighted by Crippen LogP contribution is -2.53. The second kappa shape index (κ2) is 5.81. The van der Waals surface area contributed by atoms with E-state index in [0.717, 1.165) is 13.1 Å². The normalized spacial score (nSPS) is 26.8. The molecule has 0 aromatic heterocycles. The van der Waals surface area contributed by atoms with E-state index in [1.165, 1.54) is 45.4 Å². The number of hydrogen-bond donors (Lipinski definition) is 1. The Balaban J connectivity index is 0.000000845. The Morgan fingerprint density at radius 1 is 0.692 bits per heavy atom. The van der Waals surface area contributed by atoms with E-state index in [4.69, 9.17) is 0 Å². The third kappa shape index (κ3) is 3.09. The van der Waals surface area contributed by atoms with Gasteiger partial charge in [0.1, 0.15) is 0 Å². The van der Waals surface area contributed by atoms with E-state index in [1.807, 2.05) is 0 Å². The van der Waals surface area contributed by atoms with Crippen LogP contribution in [0.5, 0.6) is 0 Å². The van der Waals surface area contributed by atoms with Crippen LogP contribution in [0.25, 0.3) is 0 Å². The summed E-state index contributed by atoms with van der Waals surface area (Å²) in [4.78, 5) is 0. The minimum Gasteiger partial charge on any atom is -0.314 e. The van der Waals surface area contributed by atoms with Gasteiger partial charge in [-0.05, 0) is 12.8 Å². The largest absolute Gasteiger partial charge is 0.314 e. The summed E-state index contributed by atoms with van der Waals surface area (Å²) in [6.07, 6.45) is 4.22. The van der Waals surface area contributed by atoms with Crippen molar-refractivity contribution in [2.45, 2.75) is 19.3 Å². The van der Waals surface area contributed by atoms with Crippen LogP contribution in [0.2, 0.25) is 0 Å². The van der Waals surface area contributed by atoms with Crippen molar-refractivity contribution in [2.75, 3.05) is 39.3 Å². The van der Waals surface area contributed by atoms with E-state index in [9.17, 15) is 0 Å². The van der Waals surface area contributed by atoms with Crippen LogP contribution in [0, 0.1) is 0 Å². The van der Waals surface area contributed by atoms with Gasteiger partial charge in [0.05, 0.1) is 0 Å². The molecule has 78 valence electrons. The first kappa shape index (κ1) is 11.2. The van der Waals surface area contributed by atoms with Gasteiger partial charge in [0, 0.05) is 39.3 Å². The van der Waals surface area contributed by atoms with Crippen LogP contribution in [0.4, 0.5) is 0 Å². The molecular formula is C9H20ClN3. The second-order valence-electron chi connectivity index (χ2n) is 3.72. The minimum atomic E-state index is 0. The fourth-order valence-electron chi connectivity index (χ4n) is 2.10. The van der Waals surface area contributed by atoms with E-state index < -0.39 is 0 Å². The molecule has 0 aromatic rings. The van der Waals surface area contributed by atoms with E-state index in [1.54, 1.807) is 0 Å².